The Morgan fingerprint density at radius 3 is 2.43 bits per heavy atom. The lowest BCUT2D eigenvalue weighted by atomic mass is 10.1. The van der Waals surface area contributed by atoms with Crippen molar-refractivity contribution in [2.75, 3.05) is 7.05 Å². The van der Waals surface area contributed by atoms with Crippen LogP contribution in [0.3, 0.4) is 0 Å². The topological polar surface area (TPSA) is 62.9 Å². The molecule has 0 bridgehead atoms. The molecule has 0 amide bonds. The van der Waals surface area contributed by atoms with Gasteiger partial charge in [0.25, 0.3) is 0 Å². The number of phenols is 1. The van der Waals surface area contributed by atoms with E-state index in [2.05, 4.69) is 4.74 Å². The van der Waals surface area contributed by atoms with Gasteiger partial charge in [-0.15, -0.1) is 13.2 Å². The van der Waals surface area contributed by atoms with Gasteiger partial charge in [-0.05, 0) is 49.4 Å². The second-order valence-corrected chi connectivity index (χ2v) is 6.54. The highest BCUT2D eigenvalue weighted by atomic mass is 19.4. The number of alkyl halides is 3. The SMILES string of the molecule is Cc1c(O)ccc2c(CN(C)Cc3ccc(OC(F)(F)F)cc3)cc(=O)oc12. The van der Waals surface area contributed by atoms with Crippen LogP contribution in [0.5, 0.6) is 11.5 Å². The lowest BCUT2D eigenvalue weighted by Gasteiger charge is -2.18. The quantitative estimate of drug-likeness (QED) is 0.654. The van der Waals surface area contributed by atoms with E-state index in [0.29, 0.717) is 24.2 Å². The molecule has 28 heavy (non-hydrogen) atoms. The fraction of sp³-hybridized carbons (Fsp3) is 0.250. The van der Waals surface area contributed by atoms with Crippen LogP contribution in [-0.4, -0.2) is 23.4 Å². The van der Waals surface area contributed by atoms with E-state index in [0.717, 1.165) is 16.5 Å². The number of benzene rings is 2. The number of fused-ring (bicyclic) bond motifs is 1. The van der Waals surface area contributed by atoms with Crippen LogP contribution >= 0.6 is 0 Å². The summed E-state index contributed by atoms with van der Waals surface area (Å²) >= 11 is 0. The molecule has 5 nitrogen and oxygen atoms in total. The highest BCUT2D eigenvalue weighted by Crippen LogP contribution is 2.28. The minimum absolute atomic E-state index is 0.0438. The van der Waals surface area contributed by atoms with Crippen LogP contribution in [0.15, 0.2) is 51.7 Å². The van der Waals surface area contributed by atoms with Crippen molar-refractivity contribution in [1.29, 1.82) is 0 Å². The molecular weight excluding hydrogens is 375 g/mol. The number of halogens is 3. The first-order valence-electron chi connectivity index (χ1n) is 8.41. The van der Waals surface area contributed by atoms with Crippen LogP contribution < -0.4 is 10.4 Å². The van der Waals surface area contributed by atoms with Crippen molar-refractivity contribution >= 4 is 11.0 Å². The van der Waals surface area contributed by atoms with E-state index in [4.69, 9.17) is 4.42 Å². The fourth-order valence-electron chi connectivity index (χ4n) is 3.00. The highest BCUT2D eigenvalue weighted by Gasteiger charge is 2.30. The maximum absolute atomic E-state index is 12.2. The van der Waals surface area contributed by atoms with E-state index < -0.39 is 12.0 Å². The number of hydrogen-bond acceptors (Lipinski definition) is 5. The number of aryl methyl sites for hydroxylation is 1. The number of nitrogens with zero attached hydrogens (tertiary/aromatic N) is 1. The van der Waals surface area contributed by atoms with Crippen molar-refractivity contribution in [3.8, 4) is 11.5 Å². The third kappa shape index (κ3) is 4.64. The van der Waals surface area contributed by atoms with E-state index in [1.54, 1.807) is 31.2 Å². The number of ether oxygens (including phenoxy) is 1. The standard InChI is InChI=1S/C20H18F3NO4/c1-12-17(25)8-7-16-14(9-18(26)27-19(12)16)11-24(2)10-13-3-5-15(6-4-13)28-20(21,22)23/h3-9,25H,10-11H2,1-2H3. The van der Waals surface area contributed by atoms with Crippen LogP contribution in [0.2, 0.25) is 0 Å². The monoisotopic (exact) mass is 393 g/mol. The predicted octanol–water partition coefficient (Wildman–Crippen LogP) is 4.34. The Kier molecular flexibility index (Phi) is 5.33. The average molecular weight is 393 g/mol. The summed E-state index contributed by atoms with van der Waals surface area (Å²) in [7, 11) is 1.83. The molecule has 1 aromatic heterocycles. The van der Waals surface area contributed by atoms with E-state index in [9.17, 15) is 23.1 Å². The molecule has 148 valence electrons. The van der Waals surface area contributed by atoms with Crippen LogP contribution in [0, 0.1) is 6.92 Å². The third-order valence-corrected chi connectivity index (χ3v) is 4.27. The molecule has 0 saturated carbocycles. The van der Waals surface area contributed by atoms with Gasteiger partial charge >= 0.3 is 12.0 Å². The molecule has 0 aliphatic heterocycles. The molecule has 0 fully saturated rings. The van der Waals surface area contributed by atoms with E-state index in [-0.39, 0.29) is 11.5 Å². The predicted molar refractivity (Wildman–Crippen MR) is 97.2 cm³/mol. The normalized spacial score (nSPS) is 11.9. The van der Waals surface area contributed by atoms with Gasteiger partial charge < -0.3 is 14.3 Å². The van der Waals surface area contributed by atoms with Crippen molar-refractivity contribution in [2.45, 2.75) is 26.4 Å². The van der Waals surface area contributed by atoms with Crippen molar-refractivity contribution < 1.29 is 27.4 Å². The summed E-state index contributed by atoms with van der Waals surface area (Å²) in [5, 5.41) is 10.5. The zero-order valence-electron chi connectivity index (χ0n) is 15.2. The second-order valence-electron chi connectivity index (χ2n) is 6.54. The molecule has 0 aliphatic rings. The van der Waals surface area contributed by atoms with Gasteiger partial charge in [0.1, 0.15) is 17.1 Å². The maximum Gasteiger partial charge on any atom is 0.573 e. The first-order chi connectivity index (χ1) is 13.1. The van der Waals surface area contributed by atoms with Crippen LogP contribution in [0.1, 0.15) is 16.7 Å². The van der Waals surface area contributed by atoms with E-state index >= 15 is 0 Å². The van der Waals surface area contributed by atoms with Gasteiger partial charge in [-0.3, -0.25) is 4.90 Å². The fourth-order valence-corrected chi connectivity index (χ4v) is 3.00. The summed E-state index contributed by atoms with van der Waals surface area (Å²) in [6, 6.07) is 10.3. The molecule has 0 radical (unpaired) electrons. The minimum Gasteiger partial charge on any atom is -0.508 e. The Bertz CT molecular complexity index is 1040. The number of aromatic hydroxyl groups is 1. The Hall–Kier alpha value is -3.00. The largest absolute Gasteiger partial charge is 0.573 e. The van der Waals surface area contributed by atoms with Crippen molar-refractivity contribution in [1.82, 2.24) is 4.90 Å². The summed E-state index contributed by atoms with van der Waals surface area (Å²) < 4.78 is 45.8. The molecule has 0 saturated heterocycles. The van der Waals surface area contributed by atoms with Crippen LogP contribution in [0.4, 0.5) is 13.2 Å². The summed E-state index contributed by atoms with van der Waals surface area (Å²) in [5.41, 5.74) is 1.83. The Morgan fingerprint density at radius 1 is 1.11 bits per heavy atom. The molecule has 1 heterocycles. The maximum atomic E-state index is 12.2. The molecule has 3 rings (SSSR count). The first kappa shape index (κ1) is 19.8. The molecule has 3 aromatic rings. The highest BCUT2D eigenvalue weighted by molar-refractivity contribution is 5.84. The van der Waals surface area contributed by atoms with Gasteiger partial charge in [0.05, 0.1) is 0 Å². The number of rotatable bonds is 5. The molecule has 2 aromatic carbocycles. The van der Waals surface area contributed by atoms with Crippen molar-refractivity contribution in [2.24, 2.45) is 0 Å². The Morgan fingerprint density at radius 2 is 1.79 bits per heavy atom. The lowest BCUT2D eigenvalue weighted by molar-refractivity contribution is -0.274. The third-order valence-electron chi connectivity index (χ3n) is 4.27. The van der Waals surface area contributed by atoms with Crippen LogP contribution in [-0.2, 0) is 13.1 Å². The second kappa shape index (κ2) is 7.55. The number of phenolic OH excluding ortho intramolecular Hbond substituents is 1. The zero-order valence-corrected chi connectivity index (χ0v) is 15.2. The van der Waals surface area contributed by atoms with E-state index in [1.165, 1.54) is 18.2 Å². The lowest BCUT2D eigenvalue weighted by Crippen LogP contribution is -2.19. The molecule has 0 aliphatic carbocycles. The summed E-state index contributed by atoms with van der Waals surface area (Å²) in [4.78, 5) is 13.8. The van der Waals surface area contributed by atoms with Gasteiger partial charge in [0, 0.05) is 30.1 Å². The molecule has 1 N–H and O–H groups in total. The first-order valence-corrected chi connectivity index (χ1v) is 8.41. The zero-order chi connectivity index (χ0) is 20.5. The smallest absolute Gasteiger partial charge is 0.508 e. The molecule has 0 atom stereocenters. The summed E-state index contributed by atoms with van der Waals surface area (Å²) in [6.45, 7) is 2.52. The van der Waals surface area contributed by atoms with Gasteiger partial charge in [-0.25, -0.2) is 4.79 Å². The molecule has 8 heteroatoms. The minimum atomic E-state index is -4.72. The van der Waals surface area contributed by atoms with Gasteiger partial charge in [-0.2, -0.15) is 0 Å². The molecular formula is C20H18F3NO4. The van der Waals surface area contributed by atoms with Crippen molar-refractivity contribution in [3.63, 3.8) is 0 Å². The molecule has 0 spiro atoms. The number of hydrogen-bond donors (Lipinski definition) is 1. The Balaban J connectivity index is 1.77. The van der Waals surface area contributed by atoms with Gasteiger partial charge in [0.15, 0.2) is 0 Å². The Labute approximate surface area is 158 Å². The molecule has 0 unspecified atom stereocenters. The van der Waals surface area contributed by atoms with Gasteiger partial charge in [0.2, 0.25) is 0 Å². The van der Waals surface area contributed by atoms with Gasteiger partial charge in [-0.1, -0.05) is 12.1 Å². The summed E-state index contributed by atoms with van der Waals surface area (Å²) in [6.07, 6.45) is -4.72. The van der Waals surface area contributed by atoms with E-state index in [1.807, 2.05) is 11.9 Å². The summed E-state index contributed by atoms with van der Waals surface area (Å²) in [5.74, 6) is -0.233. The average Bonchev–Trinajstić information content (AvgIpc) is 2.59. The van der Waals surface area contributed by atoms with Crippen LogP contribution in [0.25, 0.3) is 11.0 Å². The van der Waals surface area contributed by atoms with Crippen molar-refractivity contribution in [3.05, 3.63) is 69.6 Å².